The maximum atomic E-state index is 13.2. The van der Waals surface area contributed by atoms with Crippen LogP contribution in [0.2, 0.25) is 0 Å². The lowest BCUT2D eigenvalue weighted by Crippen LogP contribution is -2.47. The highest BCUT2D eigenvalue weighted by molar-refractivity contribution is 5.80. The number of nitrogens with one attached hydrogen (secondary N) is 2. The number of hydrogen-bond donors (Lipinski definition) is 2. The predicted octanol–water partition coefficient (Wildman–Crippen LogP) is 2.48. The molecule has 1 aliphatic rings. The molecule has 0 aliphatic carbocycles. The van der Waals surface area contributed by atoms with Crippen LogP contribution in [0.4, 0.5) is 4.39 Å². The lowest BCUT2D eigenvalue weighted by atomic mass is 10.1. The average molecular weight is 372 g/mol. The third-order valence-electron chi connectivity index (χ3n) is 4.69. The Kier molecular flexibility index (Phi) is 6.79. The van der Waals surface area contributed by atoms with Gasteiger partial charge in [0.05, 0.1) is 6.54 Å². The van der Waals surface area contributed by atoms with E-state index in [2.05, 4.69) is 39.6 Å². The fourth-order valence-corrected chi connectivity index (χ4v) is 3.31. The Labute approximate surface area is 160 Å². The van der Waals surface area contributed by atoms with Crippen LogP contribution in [0.1, 0.15) is 43.9 Å². The number of halogens is 1. The summed E-state index contributed by atoms with van der Waals surface area (Å²) in [5.41, 5.74) is 1.01. The molecule has 0 fully saturated rings. The molecule has 0 radical (unpaired) electrons. The van der Waals surface area contributed by atoms with E-state index in [-0.39, 0.29) is 5.82 Å². The van der Waals surface area contributed by atoms with Crippen molar-refractivity contribution >= 4 is 5.96 Å². The third-order valence-corrected chi connectivity index (χ3v) is 4.69. The second kappa shape index (κ2) is 9.48. The van der Waals surface area contributed by atoms with Crippen molar-refractivity contribution in [3.8, 4) is 0 Å². The molecule has 0 spiro atoms. The van der Waals surface area contributed by atoms with Crippen LogP contribution in [0.3, 0.4) is 0 Å². The summed E-state index contributed by atoms with van der Waals surface area (Å²) in [6.45, 7) is 6.48. The molecule has 0 saturated heterocycles. The van der Waals surface area contributed by atoms with E-state index in [9.17, 15) is 4.39 Å². The highest BCUT2D eigenvalue weighted by Crippen LogP contribution is 2.13. The fraction of sp³-hybridized carbons (Fsp3) is 0.550. The monoisotopic (exact) mass is 372 g/mol. The van der Waals surface area contributed by atoms with Crippen LogP contribution >= 0.6 is 0 Å². The summed E-state index contributed by atoms with van der Waals surface area (Å²) >= 11 is 0. The van der Waals surface area contributed by atoms with Crippen LogP contribution < -0.4 is 10.6 Å². The zero-order chi connectivity index (χ0) is 19.1. The van der Waals surface area contributed by atoms with Crippen molar-refractivity contribution in [2.75, 3.05) is 13.1 Å². The van der Waals surface area contributed by atoms with E-state index >= 15 is 0 Å². The van der Waals surface area contributed by atoms with Crippen molar-refractivity contribution in [1.29, 1.82) is 0 Å². The highest BCUT2D eigenvalue weighted by atomic mass is 19.1. The number of benzene rings is 1. The SMILES string of the molecule is CCNC(=NCCCc1cccc(F)c1)NC1CCc2nc(CC)nn2C1. The molecule has 1 aromatic carbocycles. The van der Waals surface area contributed by atoms with Gasteiger partial charge < -0.3 is 10.6 Å². The van der Waals surface area contributed by atoms with Crippen LogP contribution in [0, 0.1) is 5.82 Å². The number of nitrogens with zero attached hydrogens (tertiary/aromatic N) is 4. The topological polar surface area (TPSA) is 67.1 Å². The lowest BCUT2D eigenvalue weighted by molar-refractivity contribution is 0.392. The number of guanidine groups is 1. The van der Waals surface area contributed by atoms with E-state index in [1.165, 1.54) is 6.07 Å². The summed E-state index contributed by atoms with van der Waals surface area (Å²) in [4.78, 5) is 9.24. The first-order chi connectivity index (χ1) is 13.2. The quantitative estimate of drug-likeness (QED) is 0.445. The summed E-state index contributed by atoms with van der Waals surface area (Å²) in [5, 5.41) is 11.4. The second-order valence-corrected chi connectivity index (χ2v) is 6.85. The minimum atomic E-state index is -0.179. The molecule has 6 nitrogen and oxygen atoms in total. The Balaban J connectivity index is 1.51. The van der Waals surface area contributed by atoms with Crippen LogP contribution in [-0.4, -0.2) is 39.9 Å². The Morgan fingerprint density at radius 3 is 3.04 bits per heavy atom. The van der Waals surface area contributed by atoms with Crippen molar-refractivity contribution in [3.05, 3.63) is 47.3 Å². The van der Waals surface area contributed by atoms with Crippen molar-refractivity contribution in [2.24, 2.45) is 4.99 Å². The number of rotatable bonds is 7. The van der Waals surface area contributed by atoms with Gasteiger partial charge in [-0.05, 0) is 43.9 Å². The highest BCUT2D eigenvalue weighted by Gasteiger charge is 2.21. The Bertz CT molecular complexity index is 770. The predicted molar refractivity (Wildman–Crippen MR) is 105 cm³/mol. The molecule has 2 heterocycles. The summed E-state index contributed by atoms with van der Waals surface area (Å²) in [7, 11) is 0. The molecule has 1 atom stereocenters. The van der Waals surface area contributed by atoms with E-state index < -0.39 is 0 Å². The summed E-state index contributed by atoms with van der Waals surface area (Å²) in [6, 6.07) is 7.08. The average Bonchev–Trinajstić information content (AvgIpc) is 3.08. The van der Waals surface area contributed by atoms with Gasteiger partial charge in [0.1, 0.15) is 11.6 Å². The van der Waals surface area contributed by atoms with E-state index in [1.54, 1.807) is 12.1 Å². The van der Waals surface area contributed by atoms with Crippen LogP contribution in [0.15, 0.2) is 29.3 Å². The van der Waals surface area contributed by atoms with Gasteiger partial charge in [-0.25, -0.2) is 14.1 Å². The Morgan fingerprint density at radius 2 is 2.26 bits per heavy atom. The molecule has 146 valence electrons. The van der Waals surface area contributed by atoms with Gasteiger partial charge in [-0.1, -0.05) is 19.1 Å². The zero-order valence-electron chi connectivity index (χ0n) is 16.2. The Hall–Kier alpha value is -2.44. The number of aliphatic imine (C=N–C) groups is 1. The third kappa shape index (κ3) is 5.52. The Morgan fingerprint density at radius 1 is 1.37 bits per heavy atom. The van der Waals surface area contributed by atoms with Crippen molar-refractivity contribution in [2.45, 2.75) is 58.5 Å². The van der Waals surface area contributed by atoms with Gasteiger partial charge in [0.15, 0.2) is 11.8 Å². The van der Waals surface area contributed by atoms with E-state index in [1.807, 2.05) is 10.7 Å². The fourth-order valence-electron chi connectivity index (χ4n) is 3.31. The first kappa shape index (κ1) is 19.3. The van der Waals surface area contributed by atoms with Gasteiger partial charge in [-0.3, -0.25) is 4.99 Å². The van der Waals surface area contributed by atoms with Gasteiger partial charge in [0, 0.05) is 32.0 Å². The first-order valence-electron chi connectivity index (χ1n) is 9.89. The van der Waals surface area contributed by atoms with Gasteiger partial charge in [-0.2, -0.15) is 5.10 Å². The van der Waals surface area contributed by atoms with Gasteiger partial charge in [0.25, 0.3) is 0 Å². The molecule has 7 heteroatoms. The largest absolute Gasteiger partial charge is 0.357 e. The molecule has 3 rings (SSSR count). The van der Waals surface area contributed by atoms with Crippen LogP contribution in [0.5, 0.6) is 0 Å². The van der Waals surface area contributed by atoms with E-state index in [0.717, 1.165) is 68.4 Å². The molecule has 0 saturated carbocycles. The molecule has 1 aromatic heterocycles. The second-order valence-electron chi connectivity index (χ2n) is 6.85. The first-order valence-corrected chi connectivity index (χ1v) is 9.89. The number of fused-ring (bicyclic) bond motifs is 1. The van der Waals surface area contributed by atoms with E-state index in [4.69, 9.17) is 0 Å². The molecule has 1 aliphatic heterocycles. The van der Waals surface area contributed by atoms with Gasteiger partial charge in [0.2, 0.25) is 0 Å². The van der Waals surface area contributed by atoms with E-state index in [0.29, 0.717) is 12.6 Å². The van der Waals surface area contributed by atoms with Crippen molar-refractivity contribution in [1.82, 2.24) is 25.4 Å². The van der Waals surface area contributed by atoms with Gasteiger partial charge in [-0.15, -0.1) is 0 Å². The molecule has 2 N–H and O–H groups in total. The normalized spacial score (nSPS) is 16.9. The molecular weight excluding hydrogens is 343 g/mol. The standard InChI is InChI=1S/C20H29FN6/c1-3-18-25-19-11-10-17(14-27(19)26-18)24-20(22-4-2)23-12-6-8-15-7-5-9-16(21)13-15/h5,7,9,13,17H,3-4,6,8,10-12,14H2,1-2H3,(H2,22,23,24). The molecule has 0 amide bonds. The number of aryl methyl sites for hydroxylation is 3. The minimum absolute atomic E-state index is 0.179. The molecular formula is C20H29FN6. The molecule has 0 bridgehead atoms. The summed E-state index contributed by atoms with van der Waals surface area (Å²) in [6.07, 6.45) is 4.54. The summed E-state index contributed by atoms with van der Waals surface area (Å²) < 4.78 is 15.3. The van der Waals surface area contributed by atoms with Crippen LogP contribution in [-0.2, 0) is 25.8 Å². The maximum absolute atomic E-state index is 13.2. The minimum Gasteiger partial charge on any atom is -0.357 e. The number of hydrogen-bond acceptors (Lipinski definition) is 3. The lowest BCUT2D eigenvalue weighted by Gasteiger charge is -2.25. The number of aromatic nitrogens is 3. The van der Waals surface area contributed by atoms with Gasteiger partial charge >= 0.3 is 0 Å². The molecule has 1 unspecified atom stereocenters. The summed E-state index contributed by atoms with van der Waals surface area (Å²) in [5.74, 6) is 2.66. The van der Waals surface area contributed by atoms with Crippen LogP contribution in [0.25, 0.3) is 0 Å². The molecule has 2 aromatic rings. The zero-order valence-corrected chi connectivity index (χ0v) is 16.2. The smallest absolute Gasteiger partial charge is 0.191 e. The van der Waals surface area contributed by atoms with Crippen molar-refractivity contribution < 1.29 is 4.39 Å². The maximum Gasteiger partial charge on any atom is 0.191 e. The molecule has 27 heavy (non-hydrogen) atoms. The van der Waals surface area contributed by atoms with Crippen molar-refractivity contribution in [3.63, 3.8) is 0 Å².